The smallest absolute Gasteiger partial charge is 0.411 e. The Morgan fingerprint density at radius 2 is 1.22 bits per heavy atom. The van der Waals surface area contributed by atoms with Gasteiger partial charge in [-0.05, 0) is 47.2 Å². The number of aliphatic hydroxyl groups excluding tert-OH is 2. The molecule has 0 atom stereocenters. The van der Waals surface area contributed by atoms with Crippen molar-refractivity contribution in [2.45, 2.75) is 39.9 Å². The molecule has 2 rings (SSSR count). The molecule has 0 unspecified atom stereocenters. The summed E-state index contributed by atoms with van der Waals surface area (Å²) in [5.41, 5.74) is 2.75. The number of ether oxygens (including phenoxy) is 3. The van der Waals surface area contributed by atoms with E-state index in [1.807, 2.05) is 6.92 Å². The van der Waals surface area contributed by atoms with Crippen molar-refractivity contribution < 1.29 is 48.7 Å². The second-order valence-corrected chi connectivity index (χ2v) is 7.28. The molecule has 0 bridgehead atoms. The molecule has 0 heterocycles. The van der Waals surface area contributed by atoms with E-state index >= 15 is 0 Å². The third-order valence-corrected chi connectivity index (χ3v) is 5.12. The molecule has 1 amide bonds. The zero-order valence-corrected chi connectivity index (χ0v) is 20.8. The number of benzene rings is 2. The Labute approximate surface area is 208 Å². The van der Waals surface area contributed by atoms with Crippen molar-refractivity contribution in [1.29, 1.82) is 0 Å². The molecule has 0 saturated carbocycles. The van der Waals surface area contributed by atoms with Gasteiger partial charge in [0.25, 0.3) is 0 Å². The average Bonchev–Trinajstić information content (AvgIpc) is 2.90. The van der Waals surface area contributed by atoms with Crippen LogP contribution in [0.4, 0.5) is 10.5 Å². The van der Waals surface area contributed by atoms with Crippen LogP contribution >= 0.6 is 0 Å². The topological polar surface area (TPSA) is 169 Å². The number of carboxylic acid groups (broad SMARTS) is 1. The number of amides is 1. The number of anilines is 1. The lowest BCUT2D eigenvalue weighted by Gasteiger charge is -2.14. The first kappa shape index (κ1) is 30.1. The second-order valence-electron chi connectivity index (χ2n) is 7.28. The molecule has 196 valence electrons. The van der Waals surface area contributed by atoms with E-state index in [-0.39, 0.29) is 35.6 Å². The third kappa shape index (κ3) is 7.52. The van der Waals surface area contributed by atoms with Crippen LogP contribution in [0.25, 0.3) is 0 Å². The number of carboxylic acids is 1. The lowest BCUT2D eigenvalue weighted by molar-refractivity contribution is 0.0580. The van der Waals surface area contributed by atoms with Gasteiger partial charge in [-0.3, -0.25) is 5.32 Å². The van der Waals surface area contributed by atoms with Gasteiger partial charge in [0.2, 0.25) is 0 Å². The van der Waals surface area contributed by atoms with E-state index in [0.29, 0.717) is 35.1 Å². The van der Waals surface area contributed by atoms with Gasteiger partial charge in [-0.25, -0.2) is 19.2 Å². The first-order valence-electron chi connectivity index (χ1n) is 10.9. The summed E-state index contributed by atoms with van der Waals surface area (Å²) in [4.78, 5) is 45.8. The third-order valence-electron chi connectivity index (χ3n) is 5.12. The zero-order chi connectivity index (χ0) is 27.4. The standard InChI is InChI=1S/C13H17NO5.C12H14O5/c1-4-9-5-8(7-15)6-10(14-13(17)19-3)11(9)12(16)18-2;1-3-8-4-7(6-13)5-9(11(14)15)10(8)12(16)17-2/h5-6,15H,4,7H2,1-3H3,(H,14,17);4-5,13H,3,6H2,1-2H3,(H,14,15). The minimum absolute atomic E-state index is 0.0553. The number of carbonyl (C=O) groups excluding carboxylic acids is 3. The van der Waals surface area contributed by atoms with E-state index in [4.69, 9.17) is 14.9 Å². The number of rotatable bonds is 8. The molecular formula is C25H31NO10. The number of methoxy groups -OCH3 is 3. The van der Waals surface area contributed by atoms with Gasteiger partial charge in [0, 0.05) is 0 Å². The molecule has 4 N–H and O–H groups in total. The Bertz CT molecular complexity index is 1110. The fourth-order valence-corrected chi connectivity index (χ4v) is 3.39. The van der Waals surface area contributed by atoms with Gasteiger partial charge in [0.1, 0.15) is 0 Å². The van der Waals surface area contributed by atoms with Crippen molar-refractivity contribution in [3.05, 3.63) is 63.2 Å². The number of aliphatic hydroxyl groups is 2. The van der Waals surface area contributed by atoms with E-state index in [9.17, 15) is 24.3 Å². The molecule has 2 aromatic carbocycles. The summed E-state index contributed by atoms with van der Waals surface area (Å²) < 4.78 is 13.8. The minimum atomic E-state index is -1.21. The predicted molar refractivity (Wildman–Crippen MR) is 129 cm³/mol. The van der Waals surface area contributed by atoms with Crippen LogP contribution in [0.1, 0.15) is 67.2 Å². The first-order chi connectivity index (χ1) is 17.1. The summed E-state index contributed by atoms with van der Waals surface area (Å²) >= 11 is 0. The zero-order valence-electron chi connectivity index (χ0n) is 20.8. The maximum Gasteiger partial charge on any atom is 0.411 e. The molecule has 2 aromatic rings. The molecule has 0 spiro atoms. The lowest BCUT2D eigenvalue weighted by atomic mass is 9.96. The van der Waals surface area contributed by atoms with Crippen molar-refractivity contribution in [2.24, 2.45) is 0 Å². The van der Waals surface area contributed by atoms with Gasteiger partial charge in [0.05, 0.1) is 56.9 Å². The molecule has 0 radical (unpaired) electrons. The summed E-state index contributed by atoms with van der Waals surface area (Å²) in [6.45, 7) is 3.21. The molecule has 11 heteroatoms. The fraction of sp³-hybridized carbons (Fsp3) is 0.360. The Kier molecular flexibility index (Phi) is 12.1. The highest BCUT2D eigenvalue weighted by Crippen LogP contribution is 2.25. The van der Waals surface area contributed by atoms with E-state index < -0.39 is 24.0 Å². The number of nitrogens with one attached hydrogen (secondary N) is 1. The van der Waals surface area contributed by atoms with Crippen LogP contribution in [-0.4, -0.2) is 60.7 Å². The van der Waals surface area contributed by atoms with Crippen LogP contribution in [-0.2, 0) is 40.3 Å². The number of aromatic carboxylic acids is 1. The maximum absolute atomic E-state index is 11.8. The van der Waals surface area contributed by atoms with Crippen LogP contribution in [0, 0.1) is 0 Å². The maximum atomic E-state index is 11.8. The van der Waals surface area contributed by atoms with E-state index in [1.165, 1.54) is 33.5 Å². The van der Waals surface area contributed by atoms with Crippen LogP contribution < -0.4 is 5.32 Å². The highest BCUT2D eigenvalue weighted by atomic mass is 16.5. The van der Waals surface area contributed by atoms with Gasteiger partial charge < -0.3 is 29.5 Å². The lowest BCUT2D eigenvalue weighted by Crippen LogP contribution is -2.17. The Hall–Kier alpha value is -3.96. The Morgan fingerprint density at radius 3 is 1.64 bits per heavy atom. The van der Waals surface area contributed by atoms with Crippen molar-refractivity contribution in [3.63, 3.8) is 0 Å². The second kappa shape index (κ2) is 14.4. The summed E-state index contributed by atoms with van der Waals surface area (Å²) in [5.74, 6) is -2.44. The number of esters is 2. The van der Waals surface area contributed by atoms with Crippen LogP contribution in [0.2, 0.25) is 0 Å². The predicted octanol–water partition coefficient (Wildman–Crippen LogP) is 2.93. The largest absolute Gasteiger partial charge is 0.478 e. The SMILES string of the molecule is CCc1cc(CO)cc(C(=O)O)c1C(=O)OC.CCc1cc(CO)cc(NC(=O)OC)c1C(=O)OC. The minimum Gasteiger partial charge on any atom is -0.478 e. The van der Waals surface area contributed by atoms with Crippen molar-refractivity contribution in [3.8, 4) is 0 Å². The summed E-state index contributed by atoms with van der Waals surface area (Å²) in [6, 6.07) is 6.11. The number of hydrogen-bond donors (Lipinski definition) is 4. The molecule has 0 aliphatic heterocycles. The fourth-order valence-electron chi connectivity index (χ4n) is 3.39. The van der Waals surface area contributed by atoms with Gasteiger partial charge in [-0.2, -0.15) is 0 Å². The summed E-state index contributed by atoms with van der Waals surface area (Å²) in [5, 5.41) is 29.8. The van der Waals surface area contributed by atoms with Crippen LogP contribution in [0.5, 0.6) is 0 Å². The molecule has 36 heavy (non-hydrogen) atoms. The molecule has 11 nitrogen and oxygen atoms in total. The Morgan fingerprint density at radius 1 is 0.750 bits per heavy atom. The van der Waals surface area contributed by atoms with Crippen molar-refractivity contribution >= 4 is 29.7 Å². The van der Waals surface area contributed by atoms with Gasteiger partial charge in [-0.15, -0.1) is 0 Å². The first-order valence-corrected chi connectivity index (χ1v) is 10.9. The van der Waals surface area contributed by atoms with Gasteiger partial charge >= 0.3 is 24.0 Å². The molecule has 0 aliphatic rings. The van der Waals surface area contributed by atoms with E-state index in [1.54, 1.807) is 19.1 Å². The normalized spacial score (nSPS) is 9.97. The number of hydrogen-bond acceptors (Lipinski definition) is 9. The number of carbonyl (C=O) groups is 4. The molecule has 0 aromatic heterocycles. The monoisotopic (exact) mass is 505 g/mol. The summed E-state index contributed by atoms with van der Waals surface area (Å²) in [7, 11) is 3.70. The highest BCUT2D eigenvalue weighted by molar-refractivity contribution is 6.04. The number of aryl methyl sites for hydroxylation is 2. The highest BCUT2D eigenvalue weighted by Gasteiger charge is 2.22. The molecule has 0 aliphatic carbocycles. The molecular weight excluding hydrogens is 474 g/mol. The van der Waals surface area contributed by atoms with E-state index in [0.717, 1.165) is 0 Å². The van der Waals surface area contributed by atoms with Crippen LogP contribution in [0.3, 0.4) is 0 Å². The van der Waals surface area contributed by atoms with Crippen molar-refractivity contribution in [1.82, 2.24) is 0 Å². The summed E-state index contributed by atoms with van der Waals surface area (Å²) in [6.07, 6.45) is 0.356. The average molecular weight is 506 g/mol. The van der Waals surface area contributed by atoms with Gasteiger partial charge in [-0.1, -0.05) is 26.0 Å². The molecule has 0 fully saturated rings. The quantitative estimate of drug-likeness (QED) is 0.309. The molecule has 0 saturated heterocycles. The van der Waals surface area contributed by atoms with Gasteiger partial charge in [0.15, 0.2) is 0 Å². The van der Waals surface area contributed by atoms with Crippen molar-refractivity contribution in [2.75, 3.05) is 26.6 Å². The van der Waals surface area contributed by atoms with Crippen LogP contribution in [0.15, 0.2) is 24.3 Å². The van der Waals surface area contributed by atoms with E-state index in [2.05, 4.69) is 14.8 Å². The Balaban J connectivity index is 0.000000362.